The zero-order chi connectivity index (χ0) is 9.97. The molecule has 1 heterocycles. The smallest absolute Gasteiger partial charge is 0.166 e. The number of hydrogen-bond donors (Lipinski definition) is 0. The van der Waals surface area contributed by atoms with Crippen LogP contribution in [-0.2, 0) is 6.54 Å². The van der Waals surface area contributed by atoms with Crippen molar-refractivity contribution in [1.29, 1.82) is 0 Å². The molecule has 2 rings (SSSR count). The van der Waals surface area contributed by atoms with E-state index in [-0.39, 0.29) is 0 Å². The molecule has 1 aromatic heterocycles. The van der Waals surface area contributed by atoms with Gasteiger partial charge in [0.05, 0.1) is 5.69 Å². The summed E-state index contributed by atoms with van der Waals surface area (Å²) in [4.78, 5) is 10.9. The van der Waals surface area contributed by atoms with Crippen LogP contribution < -0.4 is 0 Å². The minimum atomic E-state index is 0.771. The van der Waals surface area contributed by atoms with Gasteiger partial charge in [-0.3, -0.25) is 4.79 Å². The van der Waals surface area contributed by atoms with Gasteiger partial charge in [-0.25, -0.2) is 0 Å². The Morgan fingerprint density at radius 2 is 2.14 bits per heavy atom. The summed E-state index contributed by atoms with van der Waals surface area (Å²) in [5.41, 5.74) is 1.92. The Labute approximate surface area is 83.2 Å². The molecule has 0 bridgehead atoms. The first-order valence-electron chi connectivity index (χ1n) is 4.90. The van der Waals surface area contributed by atoms with Crippen LogP contribution in [0.15, 0.2) is 30.3 Å². The van der Waals surface area contributed by atoms with Crippen LogP contribution in [0.5, 0.6) is 0 Å². The lowest BCUT2D eigenvalue weighted by atomic mass is 10.2. The Bertz CT molecular complexity index is 456. The van der Waals surface area contributed by atoms with Gasteiger partial charge in [0.1, 0.15) is 0 Å². The molecule has 0 spiro atoms. The summed E-state index contributed by atoms with van der Waals surface area (Å²) in [6.07, 6.45) is 1.97. The number of aryl methyl sites for hydroxylation is 1. The van der Waals surface area contributed by atoms with E-state index in [1.807, 2.05) is 24.3 Å². The second-order valence-corrected chi connectivity index (χ2v) is 3.40. The van der Waals surface area contributed by atoms with E-state index in [0.29, 0.717) is 0 Å². The van der Waals surface area contributed by atoms with Crippen molar-refractivity contribution < 1.29 is 4.79 Å². The lowest BCUT2D eigenvalue weighted by Crippen LogP contribution is -2.00. The van der Waals surface area contributed by atoms with E-state index in [2.05, 4.69) is 17.6 Å². The van der Waals surface area contributed by atoms with E-state index in [1.165, 1.54) is 0 Å². The summed E-state index contributed by atoms with van der Waals surface area (Å²) in [6, 6.07) is 10.0. The molecule has 0 amide bonds. The number of fused-ring (bicyclic) bond motifs is 1. The van der Waals surface area contributed by atoms with Gasteiger partial charge < -0.3 is 4.57 Å². The maximum atomic E-state index is 10.9. The SMILES string of the molecule is CCCn1c(C=O)cc2ccccc21. The summed E-state index contributed by atoms with van der Waals surface area (Å²) < 4.78 is 2.07. The van der Waals surface area contributed by atoms with Crippen LogP contribution in [-0.4, -0.2) is 10.9 Å². The van der Waals surface area contributed by atoms with Crippen LogP contribution in [0.25, 0.3) is 10.9 Å². The Morgan fingerprint density at radius 3 is 2.86 bits per heavy atom. The minimum absolute atomic E-state index is 0.771. The van der Waals surface area contributed by atoms with Crippen LogP contribution in [0.3, 0.4) is 0 Å². The number of carbonyl (C=O) groups is 1. The third kappa shape index (κ3) is 1.33. The largest absolute Gasteiger partial charge is 0.338 e. The first-order valence-corrected chi connectivity index (χ1v) is 4.90. The number of hydrogen-bond acceptors (Lipinski definition) is 1. The molecule has 0 aliphatic rings. The molecule has 2 aromatic rings. The van der Waals surface area contributed by atoms with Gasteiger partial charge in [0.2, 0.25) is 0 Å². The first-order chi connectivity index (χ1) is 6.86. The molecule has 0 aliphatic carbocycles. The molecule has 0 aliphatic heterocycles. The zero-order valence-electron chi connectivity index (χ0n) is 8.23. The quantitative estimate of drug-likeness (QED) is 0.677. The second-order valence-electron chi connectivity index (χ2n) is 3.40. The number of benzene rings is 1. The Kier molecular flexibility index (Phi) is 2.35. The molecular formula is C12H13NO. The second kappa shape index (κ2) is 3.66. The Balaban J connectivity index is 2.67. The molecular weight excluding hydrogens is 174 g/mol. The van der Waals surface area contributed by atoms with Crippen molar-refractivity contribution in [3.63, 3.8) is 0 Å². The van der Waals surface area contributed by atoms with Crippen molar-refractivity contribution in [2.24, 2.45) is 0 Å². The fraction of sp³-hybridized carbons (Fsp3) is 0.250. The maximum Gasteiger partial charge on any atom is 0.166 e. The van der Waals surface area contributed by atoms with Gasteiger partial charge in [0.15, 0.2) is 6.29 Å². The van der Waals surface area contributed by atoms with Gasteiger partial charge >= 0.3 is 0 Å². The summed E-state index contributed by atoms with van der Waals surface area (Å²) in [6.45, 7) is 3.02. The molecule has 1 aromatic carbocycles. The molecule has 0 radical (unpaired) electrons. The lowest BCUT2D eigenvalue weighted by Gasteiger charge is -2.04. The molecule has 0 unspecified atom stereocenters. The van der Waals surface area contributed by atoms with E-state index in [4.69, 9.17) is 0 Å². The predicted molar refractivity (Wildman–Crippen MR) is 57.6 cm³/mol. The maximum absolute atomic E-state index is 10.9. The zero-order valence-corrected chi connectivity index (χ0v) is 8.23. The van der Waals surface area contributed by atoms with E-state index >= 15 is 0 Å². The summed E-state index contributed by atoms with van der Waals surface area (Å²) in [5.74, 6) is 0. The average Bonchev–Trinajstić information content (AvgIpc) is 2.58. The van der Waals surface area contributed by atoms with Gasteiger partial charge in [-0.2, -0.15) is 0 Å². The van der Waals surface area contributed by atoms with Crippen molar-refractivity contribution in [2.45, 2.75) is 19.9 Å². The van der Waals surface area contributed by atoms with Crippen molar-refractivity contribution >= 4 is 17.2 Å². The third-order valence-corrected chi connectivity index (χ3v) is 2.41. The predicted octanol–water partition coefficient (Wildman–Crippen LogP) is 2.86. The molecule has 14 heavy (non-hydrogen) atoms. The van der Waals surface area contributed by atoms with Gasteiger partial charge in [-0.05, 0) is 18.6 Å². The van der Waals surface area contributed by atoms with Crippen LogP contribution in [0, 0.1) is 0 Å². The lowest BCUT2D eigenvalue weighted by molar-refractivity contribution is 0.111. The van der Waals surface area contributed by atoms with Crippen molar-refractivity contribution in [3.05, 3.63) is 36.0 Å². The first kappa shape index (κ1) is 9.00. The van der Waals surface area contributed by atoms with E-state index in [9.17, 15) is 4.79 Å². The summed E-state index contributed by atoms with van der Waals surface area (Å²) in [5, 5.41) is 1.14. The molecule has 72 valence electrons. The Morgan fingerprint density at radius 1 is 1.36 bits per heavy atom. The number of rotatable bonds is 3. The van der Waals surface area contributed by atoms with Crippen molar-refractivity contribution in [1.82, 2.24) is 4.57 Å². The van der Waals surface area contributed by atoms with Crippen molar-refractivity contribution in [2.75, 3.05) is 0 Å². The number of carbonyl (C=O) groups excluding carboxylic acids is 1. The molecule has 2 nitrogen and oxygen atoms in total. The molecule has 0 saturated carbocycles. The molecule has 0 atom stereocenters. The van der Waals surface area contributed by atoms with Gasteiger partial charge in [0, 0.05) is 17.4 Å². The van der Waals surface area contributed by atoms with Crippen LogP contribution >= 0.6 is 0 Å². The Hall–Kier alpha value is -1.57. The molecule has 0 saturated heterocycles. The van der Waals surface area contributed by atoms with Crippen molar-refractivity contribution in [3.8, 4) is 0 Å². The highest BCUT2D eigenvalue weighted by Crippen LogP contribution is 2.18. The van der Waals surface area contributed by atoms with Crippen LogP contribution in [0.2, 0.25) is 0 Å². The number of aldehydes is 1. The van der Waals surface area contributed by atoms with Crippen LogP contribution in [0.1, 0.15) is 23.8 Å². The normalized spacial score (nSPS) is 10.6. The molecule has 0 N–H and O–H groups in total. The van der Waals surface area contributed by atoms with E-state index in [1.54, 1.807) is 0 Å². The fourth-order valence-electron chi connectivity index (χ4n) is 1.80. The summed E-state index contributed by atoms with van der Waals surface area (Å²) >= 11 is 0. The van der Waals surface area contributed by atoms with Crippen LogP contribution in [0.4, 0.5) is 0 Å². The van der Waals surface area contributed by atoms with Gasteiger partial charge in [-0.1, -0.05) is 25.1 Å². The highest BCUT2D eigenvalue weighted by Gasteiger charge is 2.05. The third-order valence-electron chi connectivity index (χ3n) is 2.41. The number of aromatic nitrogens is 1. The van der Waals surface area contributed by atoms with E-state index < -0.39 is 0 Å². The van der Waals surface area contributed by atoms with Gasteiger partial charge in [0.25, 0.3) is 0 Å². The molecule has 2 heteroatoms. The van der Waals surface area contributed by atoms with E-state index in [0.717, 1.165) is 35.8 Å². The highest BCUT2D eigenvalue weighted by atomic mass is 16.1. The standard InChI is InChI=1S/C12H13NO/c1-2-7-13-11(9-14)8-10-5-3-4-6-12(10)13/h3-6,8-9H,2,7H2,1H3. The average molecular weight is 187 g/mol. The summed E-state index contributed by atoms with van der Waals surface area (Å²) in [7, 11) is 0. The number of nitrogens with zero attached hydrogens (tertiary/aromatic N) is 1. The fourth-order valence-corrected chi connectivity index (χ4v) is 1.80. The van der Waals surface area contributed by atoms with Gasteiger partial charge in [-0.15, -0.1) is 0 Å². The molecule has 0 fully saturated rings. The topological polar surface area (TPSA) is 22.0 Å². The number of para-hydroxylation sites is 1. The minimum Gasteiger partial charge on any atom is -0.338 e. The monoisotopic (exact) mass is 187 g/mol. The highest BCUT2D eigenvalue weighted by molar-refractivity contribution is 5.88.